The van der Waals surface area contributed by atoms with E-state index in [0.29, 0.717) is 12.1 Å². The van der Waals surface area contributed by atoms with Crippen LogP contribution in [0.25, 0.3) is 0 Å². The number of hydrogen-bond acceptors (Lipinski definition) is 3. The van der Waals surface area contributed by atoms with Crippen molar-refractivity contribution in [1.29, 1.82) is 0 Å². The molecule has 2 rings (SSSR count). The molecule has 1 aromatic carbocycles. The van der Waals surface area contributed by atoms with E-state index in [9.17, 15) is 0 Å². The lowest BCUT2D eigenvalue weighted by atomic mass is 10.0. The van der Waals surface area contributed by atoms with Gasteiger partial charge in [-0.3, -0.25) is 0 Å². The monoisotopic (exact) mass is 366 g/mol. The number of hydrogen-bond donors (Lipinski definition) is 1. The summed E-state index contributed by atoms with van der Waals surface area (Å²) < 4.78 is 1.13. The lowest BCUT2D eigenvalue weighted by Crippen LogP contribution is -2.25. The Bertz CT molecular complexity index is 568. The lowest BCUT2D eigenvalue weighted by Gasteiger charge is -2.30. The molecule has 1 N–H and O–H groups in total. The van der Waals surface area contributed by atoms with Crippen molar-refractivity contribution >= 4 is 33.0 Å². The Balaban J connectivity index is 2.33. The molecule has 0 aliphatic rings. The van der Waals surface area contributed by atoms with Crippen molar-refractivity contribution in [3.05, 3.63) is 50.6 Å². The van der Waals surface area contributed by atoms with Gasteiger partial charge in [-0.15, -0.1) is 11.3 Å². The number of halogens is 1. The highest BCUT2D eigenvalue weighted by molar-refractivity contribution is 9.10. The first-order valence-electron chi connectivity index (χ1n) is 7.33. The molecule has 0 amide bonds. The summed E-state index contributed by atoms with van der Waals surface area (Å²) in [6.45, 7) is 7.59. The van der Waals surface area contributed by atoms with Gasteiger partial charge in [-0.25, -0.2) is 0 Å². The molecule has 0 radical (unpaired) electrons. The van der Waals surface area contributed by atoms with Crippen molar-refractivity contribution in [1.82, 2.24) is 5.32 Å². The number of nitrogens with one attached hydrogen (secondary N) is 1. The van der Waals surface area contributed by atoms with E-state index in [4.69, 9.17) is 0 Å². The molecule has 114 valence electrons. The molecule has 0 saturated heterocycles. The fraction of sp³-hybridized carbons (Fsp3) is 0.412. The van der Waals surface area contributed by atoms with Crippen molar-refractivity contribution < 1.29 is 0 Å². The molecule has 2 unspecified atom stereocenters. The van der Waals surface area contributed by atoms with Crippen LogP contribution in [0.5, 0.6) is 0 Å². The van der Waals surface area contributed by atoms with Gasteiger partial charge in [-0.1, -0.05) is 28.9 Å². The molecule has 2 atom stereocenters. The van der Waals surface area contributed by atoms with Crippen LogP contribution in [0.2, 0.25) is 0 Å². The topological polar surface area (TPSA) is 15.3 Å². The zero-order valence-corrected chi connectivity index (χ0v) is 15.5. The van der Waals surface area contributed by atoms with Gasteiger partial charge in [-0.05, 0) is 55.6 Å². The van der Waals surface area contributed by atoms with Gasteiger partial charge in [-0.2, -0.15) is 0 Å². The average Bonchev–Trinajstić information content (AvgIpc) is 3.00. The minimum Gasteiger partial charge on any atom is -0.367 e. The van der Waals surface area contributed by atoms with Crippen molar-refractivity contribution in [3.8, 4) is 0 Å². The van der Waals surface area contributed by atoms with Gasteiger partial charge in [0.15, 0.2) is 0 Å². The first-order chi connectivity index (χ1) is 10.0. The minimum absolute atomic E-state index is 0.334. The lowest BCUT2D eigenvalue weighted by molar-refractivity contribution is 0.594. The third-order valence-electron chi connectivity index (χ3n) is 3.88. The maximum atomic E-state index is 3.60. The highest BCUT2D eigenvalue weighted by atomic mass is 79.9. The molecule has 2 aromatic rings. The average molecular weight is 367 g/mol. The highest BCUT2D eigenvalue weighted by Gasteiger charge is 2.18. The molecule has 0 fully saturated rings. The Morgan fingerprint density at radius 1 is 1.29 bits per heavy atom. The Morgan fingerprint density at radius 2 is 2.05 bits per heavy atom. The number of nitrogens with zero attached hydrogens (tertiary/aromatic N) is 1. The van der Waals surface area contributed by atoms with Crippen molar-refractivity contribution in [2.24, 2.45) is 0 Å². The van der Waals surface area contributed by atoms with Gasteiger partial charge in [0.2, 0.25) is 0 Å². The summed E-state index contributed by atoms with van der Waals surface area (Å²) in [5.41, 5.74) is 2.62. The van der Waals surface area contributed by atoms with E-state index in [1.54, 1.807) is 0 Å². The summed E-state index contributed by atoms with van der Waals surface area (Å²) in [5, 5.41) is 5.66. The van der Waals surface area contributed by atoms with Crippen LogP contribution in [0.1, 0.15) is 43.3 Å². The van der Waals surface area contributed by atoms with E-state index in [2.05, 4.69) is 89.7 Å². The van der Waals surface area contributed by atoms with Gasteiger partial charge in [0.25, 0.3) is 0 Å². The predicted octanol–water partition coefficient (Wildman–Crippen LogP) is 5.38. The normalized spacial score (nSPS) is 14.0. The van der Waals surface area contributed by atoms with E-state index in [1.807, 2.05) is 11.3 Å². The van der Waals surface area contributed by atoms with Crippen molar-refractivity contribution in [2.45, 2.75) is 32.9 Å². The molecular formula is C17H23BrN2S. The van der Waals surface area contributed by atoms with Gasteiger partial charge < -0.3 is 10.2 Å². The maximum absolute atomic E-state index is 3.60. The highest BCUT2D eigenvalue weighted by Crippen LogP contribution is 2.34. The third kappa shape index (κ3) is 3.87. The molecule has 1 heterocycles. The third-order valence-corrected chi connectivity index (χ3v) is 5.42. The SMILES string of the molecule is CCNC(C)c1cc(Br)ccc1N(C)C(C)c1cccs1. The molecule has 0 spiro atoms. The van der Waals surface area contributed by atoms with E-state index < -0.39 is 0 Å². The zero-order chi connectivity index (χ0) is 15.4. The molecule has 21 heavy (non-hydrogen) atoms. The molecular weight excluding hydrogens is 344 g/mol. The smallest absolute Gasteiger partial charge is 0.0603 e. The number of benzene rings is 1. The van der Waals surface area contributed by atoms with Gasteiger partial charge in [0.05, 0.1) is 6.04 Å². The molecule has 2 nitrogen and oxygen atoms in total. The first-order valence-corrected chi connectivity index (χ1v) is 9.01. The van der Waals surface area contributed by atoms with Crippen LogP contribution in [-0.2, 0) is 0 Å². The van der Waals surface area contributed by atoms with E-state index in [0.717, 1.165) is 11.0 Å². The first kappa shape index (κ1) is 16.5. The zero-order valence-electron chi connectivity index (χ0n) is 13.1. The molecule has 0 bridgehead atoms. The summed E-state index contributed by atoms with van der Waals surface area (Å²) in [6.07, 6.45) is 0. The summed E-state index contributed by atoms with van der Waals surface area (Å²) in [7, 11) is 2.18. The quantitative estimate of drug-likeness (QED) is 0.738. The van der Waals surface area contributed by atoms with Gasteiger partial charge >= 0.3 is 0 Å². The molecule has 4 heteroatoms. The number of anilines is 1. The van der Waals surface area contributed by atoms with Crippen LogP contribution in [0.4, 0.5) is 5.69 Å². The molecule has 0 aliphatic heterocycles. The van der Waals surface area contributed by atoms with Crippen LogP contribution in [0, 0.1) is 0 Å². The molecule has 1 aromatic heterocycles. The minimum atomic E-state index is 0.334. The standard InChI is InChI=1S/C17H23BrN2S/c1-5-19-12(2)15-11-14(18)8-9-16(15)20(4)13(3)17-7-6-10-21-17/h6-13,19H,5H2,1-4H3. The molecule has 0 saturated carbocycles. The van der Waals surface area contributed by atoms with E-state index in [1.165, 1.54) is 16.1 Å². The largest absolute Gasteiger partial charge is 0.367 e. The van der Waals surface area contributed by atoms with Gasteiger partial charge in [0, 0.05) is 28.1 Å². The fourth-order valence-electron chi connectivity index (χ4n) is 2.54. The Hall–Kier alpha value is -0.840. The van der Waals surface area contributed by atoms with Crippen LogP contribution < -0.4 is 10.2 Å². The Morgan fingerprint density at radius 3 is 2.67 bits per heavy atom. The van der Waals surface area contributed by atoms with Gasteiger partial charge in [0.1, 0.15) is 0 Å². The van der Waals surface area contributed by atoms with E-state index in [-0.39, 0.29) is 0 Å². The summed E-state index contributed by atoms with van der Waals surface area (Å²) in [4.78, 5) is 3.75. The van der Waals surface area contributed by atoms with Crippen LogP contribution in [0.15, 0.2) is 40.2 Å². The number of thiophene rings is 1. The maximum Gasteiger partial charge on any atom is 0.0603 e. The number of rotatable bonds is 6. The second-order valence-electron chi connectivity index (χ2n) is 5.28. The van der Waals surface area contributed by atoms with Crippen LogP contribution in [0.3, 0.4) is 0 Å². The summed E-state index contributed by atoms with van der Waals surface area (Å²) in [5.74, 6) is 0. The summed E-state index contributed by atoms with van der Waals surface area (Å²) in [6, 6.07) is 11.6. The predicted molar refractivity (Wildman–Crippen MR) is 97.4 cm³/mol. The second-order valence-corrected chi connectivity index (χ2v) is 7.18. The Labute approximate surface area is 140 Å². The van der Waals surface area contributed by atoms with Crippen LogP contribution >= 0.6 is 27.3 Å². The van der Waals surface area contributed by atoms with E-state index >= 15 is 0 Å². The van der Waals surface area contributed by atoms with Crippen LogP contribution in [-0.4, -0.2) is 13.6 Å². The molecule has 0 aliphatic carbocycles. The summed E-state index contributed by atoms with van der Waals surface area (Å²) >= 11 is 5.41. The Kier molecular flexibility index (Phi) is 5.85. The second kappa shape index (κ2) is 7.43. The van der Waals surface area contributed by atoms with Crippen molar-refractivity contribution in [3.63, 3.8) is 0 Å². The van der Waals surface area contributed by atoms with Crippen molar-refractivity contribution in [2.75, 3.05) is 18.5 Å². The fourth-order valence-corrected chi connectivity index (χ4v) is 3.74.